The van der Waals surface area contributed by atoms with E-state index in [1.807, 2.05) is 18.1 Å². The van der Waals surface area contributed by atoms with Crippen molar-refractivity contribution in [2.75, 3.05) is 7.05 Å². The molecule has 2 nitrogen and oxygen atoms in total. The van der Waals surface area contributed by atoms with Crippen molar-refractivity contribution in [1.82, 2.24) is 4.90 Å². The van der Waals surface area contributed by atoms with Gasteiger partial charge in [-0.05, 0) is 18.5 Å². The Labute approximate surface area is 68.1 Å². The molecule has 0 bridgehead atoms. The summed E-state index contributed by atoms with van der Waals surface area (Å²) in [6, 6.07) is 2.42. The summed E-state index contributed by atoms with van der Waals surface area (Å²) in [7, 11) is 1.96. The van der Waals surface area contributed by atoms with E-state index in [9.17, 15) is 0 Å². The van der Waals surface area contributed by atoms with Crippen molar-refractivity contribution < 1.29 is 0 Å². The minimum Gasteiger partial charge on any atom is -0.365 e. The summed E-state index contributed by atoms with van der Waals surface area (Å²) in [4.78, 5) is 2.00. The second-order valence-corrected chi connectivity index (χ2v) is 3.03. The minimum absolute atomic E-state index is 0.0880. The van der Waals surface area contributed by atoms with Crippen LogP contribution in [0.4, 0.5) is 0 Å². The van der Waals surface area contributed by atoms with E-state index in [-0.39, 0.29) is 6.04 Å². The van der Waals surface area contributed by atoms with Gasteiger partial charge in [-0.3, -0.25) is 0 Å². The number of allylic oxidation sites excluding steroid dienone is 1. The fourth-order valence-corrected chi connectivity index (χ4v) is 1.54. The fourth-order valence-electron chi connectivity index (χ4n) is 1.54. The van der Waals surface area contributed by atoms with E-state index in [2.05, 4.69) is 19.1 Å². The molecule has 0 radical (unpaired) electrons. The Morgan fingerprint density at radius 2 is 2.45 bits per heavy atom. The zero-order chi connectivity index (χ0) is 8.27. The lowest BCUT2D eigenvalue weighted by Crippen LogP contribution is -2.35. The molecule has 1 rings (SSSR count). The first-order valence-corrected chi connectivity index (χ1v) is 4.07. The molecule has 0 aliphatic carbocycles. The van der Waals surface area contributed by atoms with Gasteiger partial charge >= 0.3 is 0 Å². The standard InChI is InChI=1S/C9H14N2/c1-3-8-5-4-6-11(2)9(8)7-10/h4,6,8-9H,3,5H2,1-2H3. The Morgan fingerprint density at radius 1 is 1.73 bits per heavy atom. The molecular formula is C9H14N2. The molecule has 2 unspecified atom stereocenters. The summed E-state index contributed by atoms with van der Waals surface area (Å²) < 4.78 is 0. The first kappa shape index (κ1) is 8.13. The van der Waals surface area contributed by atoms with Gasteiger partial charge in [0, 0.05) is 7.05 Å². The molecule has 0 aromatic heterocycles. The number of rotatable bonds is 1. The van der Waals surface area contributed by atoms with Crippen LogP contribution < -0.4 is 0 Å². The summed E-state index contributed by atoms with van der Waals surface area (Å²) >= 11 is 0. The predicted molar refractivity (Wildman–Crippen MR) is 44.7 cm³/mol. The van der Waals surface area contributed by atoms with Crippen LogP contribution >= 0.6 is 0 Å². The highest BCUT2D eigenvalue weighted by Crippen LogP contribution is 2.22. The molecule has 60 valence electrons. The molecule has 1 aliphatic rings. The highest BCUT2D eigenvalue weighted by molar-refractivity contribution is 5.05. The van der Waals surface area contributed by atoms with Crippen molar-refractivity contribution in [3.63, 3.8) is 0 Å². The monoisotopic (exact) mass is 150 g/mol. The zero-order valence-corrected chi connectivity index (χ0v) is 7.12. The van der Waals surface area contributed by atoms with Crippen LogP contribution in [0.2, 0.25) is 0 Å². The highest BCUT2D eigenvalue weighted by atomic mass is 15.1. The average Bonchev–Trinajstić information content (AvgIpc) is 2.04. The van der Waals surface area contributed by atoms with E-state index >= 15 is 0 Å². The molecule has 11 heavy (non-hydrogen) atoms. The van der Waals surface area contributed by atoms with Gasteiger partial charge in [0.05, 0.1) is 6.07 Å². The molecule has 0 saturated carbocycles. The molecule has 0 aromatic rings. The Morgan fingerprint density at radius 3 is 2.91 bits per heavy atom. The minimum atomic E-state index is 0.0880. The Kier molecular flexibility index (Phi) is 2.53. The molecule has 0 amide bonds. The number of hydrogen-bond acceptors (Lipinski definition) is 2. The Balaban J connectivity index is 2.69. The maximum absolute atomic E-state index is 8.84. The van der Waals surface area contributed by atoms with Crippen LogP contribution in [-0.2, 0) is 0 Å². The topological polar surface area (TPSA) is 27.0 Å². The van der Waals surface area contributed by atoms with Crippen molar-refractivity contribution >= 4 is 0 Å². The molecule has 1 heterocycles. The van der Waals surface area contributed by atoms with E-state index in [0.717, 1.165) is 12.8 Å². The second-order valence-electron chi connectivity index (χ2n) is 3.03. The summed E-state index contributed by atoms with van der Waals surface area (Å²) in [5.41, 5.74) is 0. The van der Waals surface area contributed by atoms with Gasteiger partial charge in [0.2, 0.25) is 0 Å². The van der Waals surface area contributed by atoms with Gasteiger partial charge < -0.3 is 4.90 Å². The van der Waals surface area contributed by atoms with E-state index < -0.39 is 0 Å². The maximum atomic E-state index is 8.84. The van der Waals surface area contributed by atoms with Crippen molar-refractivity contribution in [1.29, 1.82) is 5.26 Å². The van der Waals surface area contributed by atoms with Crippen molar-refractivity contribution in [3.05, 3.63) is 12.3 Å². The molecule has 0 fully saturated rings. The lowest BCUT2D eigenvalue weighted by Gasteiger charge is -2.31. The number of nitrogens with zero attached hydrogens (tertiary/aromatic N) is 2. The van der Waals surface area contributed by atoms with Crippen LogP contribution in [0.5, 0.6) is 0 Å². The summed E-state index contributed by atoms with van der Waals surface area (Å²) in [5.74, 6) is 0.523. The Bertz CT molecular complexity index is 190. The van der Waals surface area contributed by atoms with Gasteiger partial charge in [0.25, 0.3) is 0 Å². The summed E-state index contributed by atoms with van der Waals surface area (Å²) in [5, 5.41) is 8.84. The van der Waals surface area contributed by atoms with Crippen LogP contribution in [0, 0.1) is 17.2 Å². The van der Waals surface area contributed by atoms with Gasteiger partial charge in [-0.25, -0.2) is 0 Å². The fraction of sp³-hybridized carbons (Fsp3) is 0.667. The molecular weight excluding hydrogens is 136 g/mol. The quantitative estimate of drug-likeness (QED) is 0.569. The van der Waals surface area contributed by atoms with E-state index in [1.54, 1.807) is 0 Å². The van der Waals surface area contributed by atoms with Crippen molar-refractivity contribution in [2.45, 2.75) is 25.8 Å². The molecule has 0 aromatic carbocycles. The summed E-state index contributed by atoms with van der Waals surface area (Å²) in [6.45, 7) is 2.14. The van der Waals surface area contributed by atoms with Crippen molar-refractivity contribution in [3.8, 4) is 6.07 Å². The van der Waals surface area contributed by atoms with Crippen LogP contribution in [0.3, 0.4) is 0 Å². The third-order valence-electron chi connectivity index (χ3n) is 2.32. The molecule has 0 saturated heterocycles. The SMILES string of the molecule is CCC1CC=CN(C)C1C#N. The molecule has 2 heteroatoms. The maximum Gasteiger partial charge on any atom is 0.119 e. The highest BCUT2D eigenvalue weighted by Gasteiger charge is 2.23. The normalized spacial score (nSPS) is 30.1. The van der Waals surface area contributed by atoms with Crippen LogP contribution in [0.15, 0.2) is 12.3 Å². The van der Waals surface area contributed by atoms with Crippen LogP contribution in [0.25, 0.3) is 0 Å². The lowest BCUT2D eigenvalue weighted by molar-refractivity contribution is 0.263. The van der Waals surface area contributed by atoms with Gasteiger partial charge in [-0.1, -0.05) is 19.4 Å². The largest absolute Gasteiger partial charge is 0.365 e. The average molecular weight is 150 g/mol. The molecule has 1 aliphatic heterocycles. The van der Waals surface area contributed by atoms with Crippen LogP contribution in [0.1, 0.15) is 19.8 Å². The second kappa shape index (κ2) is 3.43. The van der Waals surface area contributed by atoms with E-state index in [1.165, 1.54) is 0 Å². The molecule has 0 spiro atoms. The molecule has 0 N–H and O–H groups in total. The number of nitriles is 1. The van der Waals surface area contributed by atoms with Gasteiger partial charge in [0.1, 0.15) is 6.04 Å². The van der Waals surface area contributed by atoms with Gasteiger partial charge in [-0.2, -0.15) is 5.26 Å². The van der Waals surface area contributed by atoms with Crippen molar-refractivity contribution in [2.24, 2.45) is 5.92 Å². The lowest BCUT2D eigenvalue weighted by atomic mass is 9.91. The van der Waals surface area contributed by atoms with Gasteiger partial charge in [0.15, 0.2) is 0 Å². The zero-order valence-electron chi connectivity index (χ0n) is 7.12. The first-order chi connectivity index (χ1) is 5.29. The Hall–Kier alpha value is -0.970. The first-order valence-electron chi connectivity index (χ1n) is 4.07. The third kappa shape index (κ3) is 1.54. The predicted octanol–water partition coefficient (Wildman–Crippen LogP) is 1.75. The van der Waals surface area contributed by atoms with E-state index in [0.29, 0.717) is 5.92 Å². The molecule has 2 atom stereocenters. The number of hydrogen-bond donors (Lipinski definition) is 0. The van der Waals surface area contributed by atoms with Crippen LogP contribution in [-0.4, -0.2) is 18.0 Å². The smallest absolute Gasteiger partial charge is 0.119 e. The summed E-state index contributed by atoms with van der Waals surface area (Å²) in [6.07, 6.45) is 6.29. The third-order valence-corrected chi connectivity index (χ3v) is 2.32. The van der Waals surface area contributed by atoms with Gasteiger partial charge in [-0.15, -0.1) is 0 Å². The van der Waals surface area contributed by atoms with E-state index in [4.69, 9.17) is 5.26 Å².